The number of rotatable bonds is 9. The Morgan fingerprint density at radius 2 is 1.95 bits per heavy atom. The summed E-state index contributed by atoms with van der Waals surface area (Å²) in [5, 5.41) is 0. The molecule has 0 N–H and O–H groups in total. The van der Waals surface area contributed by atoms with Crippen molar-refractivity contribution in [2.45, 2.75) is 70.8 Å². The molecule has 4 heteroatoms. The Hall–Kier alpha value is -1.19. The van der Waals surface area contributed by atoms with E-state index >= 15 is 0 Å². The predicted octanol–water partition coefficient (Wildman–Crippen LogP) is 3.53. The van der Waals surface area contributed by atoms with Crippen molar-refractivity contribution in [1.29, 1.82) is 0 Å². The highest BCUT2D eigenvalue weighted by atomic mass is 16.5. The van der Waals surface area contributed by atoms with E-state index in [9.17, 15) is 9.59 Å². The zero-order valence-corrected chi connectivity index (χ0v) is 13.2. The molecular weight excluding hydrogens is 266 g/mol. The van der Waals surface area contributed by atoms with E-state index in [4.69, 9.17) is 4.74 Å². The van der Waals surface area contributed by atoms with Crippen LogP contribution in [0.1, 0.15) is 64.7 Å². The minimum Gasteiger partial charge on any atom is -0.461 e. The Balaban J connectivity index is 2.23. The molecular formula is C17H28NO3. The minimum absolute atomic E-state index is 0.0571. The van der Waals surface area contributed by atoms with Gasteiger partial charge < -0.3 is 4.74 Å². The predicted molar refractivity (Wildman–Crippen MR) is 84.3 cm³/mol. The van der Waals surface area contributed by atoms with E-state index in [2.05, 4.69) is 18.8 Å². The van der Waals surface area contributed by atoms with E-state index in [0.29, 0.717) is 6.61 Å². The topological polar surface area (TPSA) is 55.7 Å². The average Bonchev–Trinajstić information content (AvgIpc) is 2.52. The maximum absolute atomic E-state index is 12.1. The van der Waals surface area contributed by atoms with Gasteiger partial charge in [-0.2, -0.15) is 0 Å². The summed E-state index contributed by atoms with van der Waals surface area (Å²) >= 11 is 0. The van der Waals surface area contributed by atoms with Gasteiger partial charge in [0.1, 0.15) is 12.3 Å². The molecule has 1 radical (unpaired) electrons. The summed E-state index contributed by atoms with van der Waals surface area (Å²) in [7, 11) is 0. The van der Waals surface area contributed by atoms with E-state index in [0.717, 1.165) is 57.6 Å². The van der Waals surface area contributed by atoms with Crippen LogP contribution in [-0.2, 0) is 14.3 Å². The van der Waals surface area contributed by atoms with Crippen LogP contribution in [0.3, 0.4) is 0 Å². The molecule has 0 aromatic carbocycles. The molecule has 0 aromatic heterocycles. The second kappa shape index (κ2) is 10.5. The first-order chi connectivity index (χ1) is 10.1. The summed E-state index contributed by atoms with van der Waals surface area (Å²) in [6, 6.07) is -0.680. The van der Waals surface area contributed by atoms with Crippen molar-refractivity contribution in [2.75, 3.05) is 6.61 Å². The van der Waals surface area contributed by atoms with E-state index in [1.807, 2.05) is 0 Å². The molecule has 0 heterocycles. The molecule has 0 spiro atoms. The van der Waals surface area contributed by atoms with E-state index < -0.39 is 12.0 Å². The van der Waals surface area contributed by atoms with Crippen molar-refractivity contribution in [3.05, 3.63) is 6.92 Å². The summed E-state index contributed by atoms with van der Waals surface area (Å²) in [4.78, 5) is 27.5. The average molecular weight is 294 g/mol. The minimum atomic E-state index is -0.680. The quantitative estimate of drug-likeness (QED) is 0.371. The van der Waals surface area contributed by atoms with Crippen molar-refractivity contribution < 1.29 is 14.3 Å². The molecule has 1 fully saturated rings. The number of hydrogen-bond acceptors (Lipinski definition) is 4. The van der Waals surface area contributed by atoms with Crippen molar-refractivity contribution in [3.63, 3.8) is 0 Å². The number of carbonyl (C=O) groups is 2. The Bertz CT molecular complexity index is 346. The van der Waals surface area contributed by atoms with Gasteiger partial charge >= 0.3 is 5.97 Å². The van der Waals surface area contributed by atoms with Crippen LogP contribution in [0.25, 0.3) is 0 Å². The molecule has 0 aromatic rings. The lowest BCUT2D eigenvalue weighted by molar-refractivity contribution is -0.135. The van der Waals surface area contributed by atoms with E-state index in [-0.39, 0.29) is 11.7 Å². The molecule has 0 saturated heterocycles. The third kappa shape index (κ3) is 7.39. The Labute approximate surface area is 128 Å². The second-order valence-corrected chi connectivity index (χ2v) is 5.76. The summed E-state index contributed by atoms with van der Waals surface area (Å²) in [6.45, 7) is 6.31. The van der Waals surface area contributed by atoms with Gasteiger partial charge in [0.25, 0.3) is 0 Å². The van der Waals surface area contributed by atoms with Gasteiger partial charge in [0.15, 0.2) is 5.78 Å². The van der Waals surface area contributed by atoms with Crippen LogP contribution in [-0.4, -0.2) is 30.6 Å². The highest BCUT2D eigenvalue weighted by Gasteiger charge is 2.25. The number of carbonyl (C=O) groups excluding carboxylic acids is 2. The van der Waals surface area contributed by atoms with E-state index in [1.54, 1.807) is 0 Å². The molecule has 4 nitrogen and oxygen atoms in total. The lowest BCUT2D eigenvalue weighted by Crippen LogP contribution is -2.27. The Morgan fingerprint density at radius 1 is 1.24 bits per heavy atom. The molecule has 0 amide bonds. The first kappa shape index (κ1) is 17.9. The van der Waals surface area contributed by atoms with Gasteiger partial charge in [0.2, 0.25) is 0 Å². The van der Waals surface area contributed by atoms with Crippen LogP contribution in [0.15, 0.2) is 4.99 Å². The Kier molecular flexibility index (Phi) is 8.95. The van der Waals surface area contributed by atoms with Crippen molar-refractivity contribution in [3.8, 4) is 0 Å². The van der Waals surface area contributed by atoms with Gasteiger partial charge in [-0.3, -0.25) is 9.79 Å². The van der Waals surface area contributed by atoms with Crippen LogP contribution in [0.2, 0.25) is 0 Å². The zero-order chi connectivity index (χ0) is 15.5. The van der Waals surface area contributed by atoms with Gasteiger partial charge in [-0.25, -0.2) is 4.79 Å². The van der Waals surface area contributed by atoms with Crippen LogP contribution >= 0.6 is 0 Å². The summed E-state index contributed by atoms with van der Waals surface area (Å²) in [5.74, 6) is -0.346. The summed E-state index contributed by atoms with van der Waals surface area (Å²) < 4.78 is 5.04. The maximum Gasteiger partial charge on any atom is 0.348 e. The molecule has 1 aliphatic rings. The largest absolute Gasteiger partial charge is 0.461 e. The third-order valence-corrected chi connectivity index (χ3v) is 3.94. The first-order valence-corrected chi connectivity index (χ1v) is 8.22. The van der Waals surface area contributed by atoms with Gasteiger partial charge in [-0.05, 0) is 26.2 Å². The highest BCUT2D eigenvalue weighted by molar-refractivity contribution is 6.23. The molecule has 0 aliphatic heterocycles. The van der Waals surface area contributed by atoms with Gasteiger partial charge in [0.05, 0.1) is 6.61 Å². The first-order valence-electron chi connectivity index (χ1n) is 8.22. The lowest BCUT2D eigenvalue weighted by Gasteiger charge is -2.21. The van der Waals surface area contributed by atoms with Crippen LogP contribution in [0, 0.1) is 12.8 Å². The monoisotopic (exact) mass is 294 g/mol. The fraction of sp³-hybridized carbons (Fsp3) is 0.765. The van der Waals surface area contributed by atoms with E-state index in [1.165, 1.54) is 6.42 Å². The van der Waals surface area contributed by atoms with Crippen LogP contribution in [0.5, 0.6) is 0 Å². The molecule has 119 valence electrons. The number of unbranched alkanes of at least 4 members (excludes halogenated alkanes) is 3. The number of ketones is 1. The molecule has 1 aliphatic carbocycles. The number of hydrogen-bond donors (Lipinski definition) is 0. The van der Waals surface area contributed by atoms with Crippen molar-refractivity contribution in [1.82, 2.24) is 0 Å². The fourth-order valence-electron chi connectivity index (χ4n) is 2.62. The fourth-order valence-corrected chi connectivity index (χ4v) is 2.62. The van der Waals surface area contributed by atoms with Crippen molar-refractivity contribution >= 4 is 18.0 Å². The highest BCUT2D eigenvalue weighted by Crippen LogP contribution is 2.25. The normalized spacial score (nSPS) is 17.8. The number of esters is 1. The van der Waals surface area contributed by atoms with Crippen molar-refractivity contribution in [2.24, 2.45) is 10.9 Å². The maximum atomic E-state index is 12.1. The molecule has 1 saturated carbocycles. The standard InChI is InChI=1S/C17H28NO3/c1-3-4-5-9-12-21-16(19)13-18-14(2)17(20)15-10-7-6-8-11-15/h13-15H,2-12H2,1H3/t14-/m0/s1. The summed E-state index contributed by atoms with van der Waals surface area (Å²) in [6.07, 6.45) is 10.6. The molecule has 0 bridgehead atoms. The van der Waals surface area contributed by atoms with Gasteiger partial charge in [-0.15, -0.1) is 0 Å². The van der Waals surface area contributed by atoms with Crippen LogP contribution in [0.4, 0.5) is 0 Å². The Morgan fingerprint density at radius 3 is 2.62 bits per heavy atom. The van der Waals surface area contributed by atoms with Gasteiger partial charge in [-0.1, -0.05) is 45.4 Å². The molecule has 21 heavy (non-hydrogen) atoms. The molecule has 1 atom stereocenters. The van der Waals surface area contributed by atoms with Gasteiger partial charge in [0, 0.05) is 5.92 Å². The lowest BCUT2D eigenvalue weighted by atomic mass is 9.84. The zero-order valence-electron chi connectivity index (χ0n) is 13.2. The number of nitrogens with zero attached hydrogens (tertiary/aromatic N) is 1. The van der Waals surface area contributed by atoms with Crippen LogP contribution < -0.4 is 0 Å². The number of Topliss-reactive ketones (excluding diaryl/α,β-unsaturated/α-hetero) is 1. The summed E-state index contributed by atoms with van der Waals surface area (Å²) in [5.41, 5.74) is 0. The number of aliphatic imine (C=N–C) groups is 1. The molecule has 0 unspecified atom stereocenters. The third-order valence-electron chi connectivity index (χ3n) is 3.94. The second-order valence-electron chi connectivity index (χ2n) is 5.76. The number of ether oxygens (including phenoxy) is 1. The SMILES string of the molecule is [CH2][C@H](N=CC(=O)OCCCCCC)C(=O)C1CCCCC1. The smallest absolute Gasteiger partial charge is 0.348 e. The molecule has 1 rings (SSSR count).